The zero-order valence-corrected chi connectivity index (χ0v) is 17.1. The molecule has 0 aliphatic rings. The maximum atomic E-state index is 14.8. The number of carbonyl (C=O) groups is 1. The lowest BCUT2D eigenvalue weighted by molar-refractivity contribution is 0.103. The third kappa shape index (κ3) is 4.13. The van der Waals surface area contributed by atoms with Crippen molar-refractivity contribution >= 4 is 34.1 Å². The maximum absolute atomic E-state index is 14.8. The number of ether oxygens (including phenoxy) is 1. The molecule has 0 aromatic carbocycles. The van der Waals surface area contributed by atoms with Gasteiger partial charge in [-0.25, -0.2) is 19.9 Å². The van der Waals surface area contributed by atoms with Crippen molar-refractivity contribution in [1.29, 1.82) is 0 Å². The molecule has 4 rings (SSSR count). The van der Waals surface area contributed by atoms with E-state index in [4.69, 9.17) is 4.74 Å². The summed E-state index contributed by atoms with van der Waals surface area (Å²) in [6.45, 7) is 3.91. The summed E-state index contributed by atoms with van der Waals surface area (Å²) in [6, 6.07) is 6.39. The monoisotopic (exact) mass is 421 g/mol. The summed E-state index contributed by atoms with van der Waals surface area (Å²) in [7, 11) is 1.52. The lowest BCUT2D eigenvalue weighted by Crippen LogP contribution is -2.13. The largest absolute Gasteiger partial charge is 0.481 e. The number of carbonyl (C=O) groups excluding carboxylic acids is 1. The van der Waals surface area contributed by atoms with Crippen molar-refractivity contribution in [2.45, 2.75) is 19.9 Å². The molecule has 3 N–H and O–H groups in total. The molecular formula is C21H20FN7O2. The van der Waals surface area contributed by atoms with E-state index in [1.807, 2.05) is 13.8 Å². The first-order valence-electron chi connectivity index (χ1n) is 9.53. The Kier molecular flexibility index (Phi) is 5.44. The molecule has 0 amide bonds. The molecule has 9 nitrogen and oxygen atoms in total. The number of pyridine rings is 2. The number of methoxy groups -OCH3 is 1. The van der Waals surface area contributed by atoms with E-state index >= 15 is 0 Å². The first kappa shape index (κ1) is 20.2. The highest BCUT2D eigenvalue weighted by atomic mass is 19.1. The van der Waals surface area contributed by atoms with Crippen LogP contribution in [0.4, 0.5) is 21.7 Å². The Hall–Kier alpha value is -4.08. The molecule has 0 unspecified atom stereocenters. The van der Waals surface area contributed by atoms with Crippen LogP contribution in [0.15, 0.2) is 43.0 Å². The number of anilines is 3. The Balaban J connectivity index is 1.63. The summed E-state index contributed by atoms with van der Waals surface area (Å²) in [5.41, 5.74) is 1.20. The van der Waals surface area contributed by atoms with Crippen LogP contribution in [0.25, 0.3) is 11.0 Å². The quantitative estimate of drug-likeness (QED) is 0.305. The van der Waals surface area contributed by atoms with E-state index in [9.17, 15) is 9.18 Å². The zero-order chi connectivity index (χ0) is 22.0. The molecule has 10 heteroatoms. The van der Waals surface area contributed by atoms with Crippen LogP contribution in [0.1, 0.15) is 29.8 Å². The van der Waals surface area contributed by atoms with Crippen LogP contribution in [0, 0.1) is 5.95 Å². The van der Waals surface area contributed by atoms with E-state index in [-0.39, 0.29) is 23.0 Å². The number of halogens is 1. The molecule has 4 heterocycles. The van der Waals surface area contributed by atoms with Crippen molar-refractivity contribution in [3.63, 3.8) is 0 Å². The van der Waals surface area contributed by atoms with Crippen LogP contribution in [0.2, 0.25) is 0 Å². The third-order valence-corrected chi connectivity index (χ3v) is 4.45. The van der Waals surface area contributed by atoms with E-state index in [1.165, 1.54) is 38.0 Å². The van der Waals surface area contributed by atoms with Gasteiger partial charge in [0.05, 0.1) is 35.5 Å². The van der Waals surface area contributed by atoms with E-state index < -0.39 is 11.7 Å². The number of nitrogens with zero attached hydrogens (tertiary/aromatic N) is 4. The predicted molar refractivity (Wildman–Crippen MR) is 114 cm³/mol. The molecule has 0 fully saturated rings. The molecule has 0 saturated carbocycles. The van der Waals surface area contributed by atoms with Gasteiger partial charge in [0.25, 0.3) is 0 Å². The Bertz CT molecular complexity index is 1240. The minimum Gasteiger partial charge on any atom is -0.481 e. The van der Waals surface area contributed by atoms with Crippen molar-refractivity contribution in [1.82, 2.24) is 24.9 Å². The van der Waals surface area contributed by atoms with Gasteiger partial charge < -0.3 is 20.4 Å². The molecule has 0 bridgehead atoms. The summed E-state index contributed by atoms with van der Waals surface area (Å²) in [4.78, 5) is 32.4. The van der Waals surface area contributed by atoms with E-state index in [2.05, 4.69) is 35.6 Å². The number of rotatable bonds is 7. The first-order valence-corrected chi connectivity index (χ1v) is 9.53. The Labute approximate surface area is 177 Å². The van der Waals surface area contributed by atoms with Crippen LogP contribution in [-0.2, 0) is 0 Å². The average molecular weight is 421 g/mol. The lowest BCUT2D eigenvalue weighted by Gasteiger charge is -2.11. The topological polar surface area (TPSA) is 118 Å². The van der Waals surface area contributed by atoms with Gasteiger partial charge in [0.2, 0.25) is 11.8 Å². The molecule has 158 valence electrons. The highest BCUT2D eigenvalue weighted by Gasteiger charge is 2.22. The van der Waals surface area contributed by atoms with E-state index in [0.717, 1.165) is 0 Å². The van der Waals surface area contributed by atoms with E-state index in [1.54, 1.807) is 12.1 Å². The average Bonchev–Trinajstić information content (AvgIpc) is 3.19. The third-order valence-electron chi connectivity index (χ3n) is 4.45. The van der Waals surface area contributed by atoms with E-state index in [0.29, 0.717) is 28.4 Å². The Morgan fingerprint density at radius 3 is 2.65 bits per heavy atom. The molecule has 0 spiro atoms. The molecule has 0 atom stereocenters. The zero-order valence-electron chi connectivity index (χ0n) is 17.1. The summed E-state index contributed by atoms with van der Waals surface area (Å²) in [5.74, 6) is -0.204. The fraction of sp³-hybridized carbons (Fsp3) is 0.190. The Morgan fingerprint density at radius 2 is 1.97 bits per heavy atom. The van der Waals surface area contributed by atoms with Crippen LogP contribution in [-0.4, -0.2) is 43.9 Å². The molecule has 0 saturated heterocycles. The SMILES string of the molecule is COc1ccc(Nc2ccc(C(=O)c3c[nH]c4ncnc(NC(C)C)c34)c(F)n2)cn1. The van der Waals surface area contributed by atoms with Crippen molar-refractivity contribution in [3.05, 3.63) is 60.1 Å². The smallest absolute Gasteiger partial charge is 0.226 e. The number of nitrogens with one attached hydrogen (secondary N) is 3. The molecular weight excluding hydrogens is 401 g/mol. The predicted octanol–water partition coefficient (Wildman–Crippen LogP) is 3.69. The highest BCUT2D eigenvalue weighted by Crippen LogP contribution is 2.27. The number of aromatic amines is 1. The number of aromatic nitrogens is 5. The second-order valence-electron chi connectivity index (χ2n) is 7.03. The molecule has 0 aliphatic carbocycles. The molecule has 4 aromatic heterocycles. The number of hydrogen-bond donors (Lipinski definition) is 3. The van der Waals surface area contributed by atoms with Gasteiger partial charge in [-0.2, -0.15) is 4.39 Å². The second kappa shape index (κ2) is 8.34. The standard InChI is InChI=1S/C21H20FN7O2/c1-11(2)27-21-17-14(9-24-20(17)25-10-26-21)18(30)13-5-6-15(29-19(13)22)28-12-4-7-16(31-3)23-8-12/h4-11H,1-3H3,(H,28,29)(H2,24,25,26,27). The number of hydrogen-bond acceptors (Lipinski definition) is 8. The van der Waals surface area contributed by atoms with Gasteiger partial charge in [0.15, 0.2) is 5.78 Å². The molecule has 4 aromatic rings. The normalized spacial score (nSPS) is 11.0. The molecule has 0 radical (unpaired) electrons. The number of fused-ring (bicyclic) bond motifs is 1. The lowest BCUT2D eigenvalue weighted by atomic mass is 10.0. The van der Waals surface area contributed by atoms with Gasteiger partial charge in [-0.1, -0.05) is 0 Å². The number of H-pyrrole nitrogens is 1. The Morgan fingerprint density at radius 1 is 1.13 bits per heavy atom. The van der Waals surface area contributed by atoms with Crippen LogP contribution in [0.3, 0.4) is 0 Å². The highest BCUT2D eigenvalue weighted by molar-refractivity contribution is 6.18. The van der Waals surface area contributed by atoms with Crippen molar-refractivity contribution in [2.75, 3.05) is 17.7 Å². The van der Waals surface area contributed by atoms with Crippen molar-refractivity contribution < 1.29 is 13.9 Å². The van der Waals surface area contributed by atoms with Gasteiger partial charge in [0, 0.05) is 18.3 Å². The van der Waals surface area contributed by atoms with Gasteiger partial charge >= 0.3 is 0 Å². The van der Waals surface area contributed by atoms with Crippen LogP contribution < -0.4 is 15.4 Å². The van der Waals surface area contributed by atoms with Crippen LogP contribution >= 0.6 is 0 Å². The van der Waals surface area contributed by atoms with Gasteiger partial charge in [-0.05, 0) is 32.0 Å². The van der Waals surface area contributed by atoms with Crippen molar-refractivity contribution in [3.8, 4) is 5.88 Å². The van der Waals surface area contributed by atoms with Gasteiger partial charge in [-0.15, -0.1) is 0 Å². The van der Waals surface area contributed by atoms with Crippen molar-refractivity contribution in [2.24, 2.45) is 0 Å². The van der Waals surface area contributed by atoms with Gasteiger partial charge in [0.1, 0.15) is 23.6 Å². The summed E-state index contributed by atoms with van der Waals surface area (Å²) < 4.78 is 19.8. The maximum Gasteiger partial charge on any atom is 0.226 e. The minimum absolute atomic E-state index is 0.0900. The number of ketones is 1. The van der Waals surface area contributed by atoms with Gasteiger partial charge in [-0.3, -0.25) is 4.79 Å². The first-order chi connectivity index (χ1) is 15.0. The molecule has 0 aliphatic heterocycles. The summed E-state index contributed by atoms with van der Waals surface area (Å²) >= 11 is 0. The minimum atomic E-state index is -0.888. The fourth-order valence-corrected chi connectivity index (χ4v) is 3.07. The summed E-state index contributed by atoms with van der Waals surface area (Å²) in [6.07, 6.45) is 4.43. The summed E-state index contributed by atoms with van der Waals surface area (Å²) in [5, 5.41) is 6.63. The fourth-order valence-electron chi connectivity index (χ4n) is 3.07. The van der Waals surface area contributed by atoms with Crippen LogP contribution in [0.5, 0.6) is 5.88 Å². The molecule has 31 heavy (non-hydrogen) atoms. The second-order valence-corrected chi connectivity index (χ2v) is 7.03.